The zero-order valence-corrected chi connectivity index (χ0v) is 16.5. The number of hydrogen-bond acceptors (Lipinski definition) is 4. The Labute approximate surface area is 155 Å². The number of amides is 1. The second-order valence-electron chi connectivity index (χ2n) is 6.48. The average molecular weight is 375 g/mol. The molecule has 2 rings (SSSR count). The zero-order valence-electron chi connectivity index (χ0n) is 15.6. The lowest BCUT2D eigenvalue weighted by Gasteiger charge is -2.26. The molecule has 2 aromatic rings. The van der Waals surface area contributed by atoms with E-state index >= 15 is 0 Å². The van der Waals surface area contributed by atoms with Crippen LogP contribution < -0.4 is 4.31 Å². The van der Waals surface area contributed by atoms with Gasteiger partial charge in [-0.25, -0.2) is 8.42 Å². The maximum atomic E-state index is 12.6. The van der Waals surface area contributed by atoms with E-state index in [1.807, 2.05) is 38.1 Å². The van der Waals surface area contributed by atoms with Crippen molar-refractivity contribution in [3.8, 4) is 0 Å². The van der Waals surface area contributed by atoms with E-state index in [4.69, 9.17) is 0 Å². The van der Waals surface area contributed by atoms with Crippen molar-refractivity contribution < 1.29 is 13.2 Å². The van der Waals surface area contributed by atoms with Crippen LogP contribution in [-0.2, 0) is 21.2 Å². The minimum atomic E-state index is -3.57. The summed E-state index contributed by atoms with van der Waals surface area (Å²) in [5.74, 6) is -0.246. The number of hydrogen-bond donors (Lipinski definition) is 0. The van der Waals surface area contributed by atoms with E-state index in [9.17, 15) is 13.2 Å². The minimum absolute atomic E-state index is 0.213. The number of pyridine rings is 1. The van der Waals surface area contributed by atoms with Crippen molar-refractivity contribution >= 4 is 21.6 Å². The summed E-state index contributed by atoms with van der Waals surface area (Å²) < 4.78 is 25.7. The van der Waals surface area contributed by atoms with Crippen molar-refractivity contribution in [3.63, 3.8) is 0 Å². The lowest BCUT2D eigenvalue weighted by atomic mass is 10.1. The molecule has 0 spiro atoms. The van der Waals surface area contributed by atoms with Gasteiger partial charge in [0, 0.05) is 26.0 Å². The standard InChI is InChI=1S/C19H25N3O3S/c1-15-5-6-18(16(2)13-15)22(26(4,24)25)14-19(23)21(3)12-9-17-7-10-20-11-8-17/h5-8,10-11,13H,9,12,14H2,1-4H3. The molecule has 0 saturated carbocycles. The molecule has 0 aliphatic heterocycles. The van der Waals surface area contributed by atoms with Crippen LogP contribution in [0.2, 0.25) is 0 Å². The fraction of sp³-hybridized carbons (Fsp3) is 0.368. The SMILES string of the molecule is Cc1ccc(N(CC(=O)N(C)CCc2ccncc2)S(C)(=O)=O)c(C)c1. The van der Waals surface area contributed by atoms with Crippen LogP contribution in [-0.4, -0.2) is 50.6 Å². The van der Waals surface area contributed by atoms with Crippen molar-refractivity contribution in [1.29, 1.82) is 0 Å². The van der Waals surface area contributed by atoms with E-state index in [1.54, 1.807) is 30.4 Å². The maximum Gasteiger partial charge on any atom is 0.243 e. The smallest absolute Gasteiger partial charge is 0.243 e. The van der Waals surface area contributed by atoms with Crippen LogP contribution in [0.3, 0.4) is 0 Å². The Morgan fingerprint density at radius 2 is 1.77 bits per heavy atom. The van der Waals surface area contributed by atoms with Crippen LogP contribution in [0.1, 0.15) is 16.7 Å². The zero-order chi connectivity index (χ0) is 19.3. The number of carbonyl (C=O) groups is 1. The Kier molecular flexibility index (Phi) is 6.37. The third-order valence-corrected chi connectivity index (χ3v) is 5.34. The van der Waals surface area contributed by atoms with Crippen molar-refractivity contribution in [2.24, 2.45) is 0 Å². The number of likely N-dealkylation sites (N-methyl/N-ethyl adjacent to an activating group) is 1. The van der Waals surface area contributed by atoms with Gasteiger partial charge in [0.2, 0.25) is 15.9 Å². The summed E-state index contributed by atoms with van der Waals surface area (Å²) in [6.45, 7) is 4.08. The molecule has 0 bridgehead atoms. The molecule has 6 nitrogen and oxygen atoms in total. The van der Waals surface area contributed by atoms with Gasteiger partial charge in [0.15, 0.2) is 0 Å². The molecule has 0 atom stereocenters. The highest BCUT2D eigenvalue weighted by atomic mass is 32.2. The Balaban J connectivity index is 2.11. The Morgan fingerprint density at radius 3 is 2.35 bits per heavy atom. The third-order valence-electron chi connectivity index (χ3n) is 4.21. The van der Waals surface area contributed by atoms with E-state index < -0.39 is 10.0 Å². The number of aryl methyl sites for hydroxylation is 2. The number of nitrogens with zero attached hydrogens (tertiary/aromatic N) is 3. The maximum absolute atomic E-state index is 12.6. The highest BCUT2D eigenvalue weighted by Crippen LogP contribution is 2.23. The van der Waals surface area contributed by atoms with Crippen molar-refractivity contribution in [3.05, 3.63) is 59.4 Å². The summed E-state index contributed by atoms with van der Waals surface area (Å²) >= 11 is 0. The first kappa shape index (κ1) is 19.9. The number of anilines is 1. The quantitative estimate of drug-likeness (QED) is 0.744. The second-order valence-corrected chi connectivity index (χ2v) is 8.39. The van der Waals surface area contributed by atoms with E-state index in [0.29, 0.717) is 18.7 Å². The molecule has 0 N–H and O–H groups in total. The minimum Gasteiger partial charge on any atom is -0.344 e. The van der Waals surface area contributed by atoms with Crippen LogP contribution in [0.15, 0.2) is 42.7 Å². The van der Waals surface area contributed by atoms with Gasteiger partial charge in [-0.15, -0.1) is 0 Å². The first-order chi connectivity index (χ1) is 12.2. The third kappa shape index (κ3) is 5.29. The Hall–Kier alpha value is -2.41. The largest absolute Gasteiger partial charge is 0.344 e. The fourth-order valence-electron chi connectivity index (χ4n) is 2.68. The first-order valence-corrected chi connectivity index (χ1v) is 10.2. The highest BCUT2D eigenvalue weighted by Gasteiger charge is 2.23. The predicted molar refractivity (Wildman–Crippen MR) is 104 cm³/mol. The van der Waals surface area contributed by atoms with Gasteiger partial charge in [-0.3, -0.25) is 14.1 Å². The number of sulfonamides is 1. The van der Waals surface area contributed by atoms with Crippen LogP contribution in [0.4, 0.5) is 5.69 Å². The van der Waals surface area contributed by atoms with E-state index in [1.165, 1.54) is 4.31 Å². The number of carbonyl (C=O) groups excluding carboxylic acids is 1. The summed E-state index contributed by atoms with van der Waals surface area (Å²) in [5, 5.41) is 0. The molecule has 7 heteroatoms. The first-order valence-electron chi connectivity index (χ1n) is 8.36. The lowest BCUT2D eigenvalue weighted by molar-refractivity contribution is -0.128. The number of aromatic nitrogens is 1. The van der Waals surface area contributed by atoms with Gasteiger partial charge < -0.3 is 4.90 Å². The Bertz CT molecular complexity index is 867. The van der Waals surface area contributed by atoms with E-state index in [2.05, 4.69) is 4.98 Å². The average Bonchev–Trinajstić information content (AvgIpc) is 2.58. The molecule has 0 fully saturated rings. The van der Waals surface area contributed by atoms with Gasteiger partial charge in [-0.2, -0.15) is 0 Å². The summed E-state index contributed by atoms with van der Waals surface area (Å²) in [5.41, 5.74) is 3.48. The molecule has 0 saturated heterocycles. The number of benzene rings is 1. The second kappa shape index (κ2) is 8.31. The fourth-order valence-corrected chi connectivity index (χ4v) is 3.59. The van der Waals surface area contributed by atoms with Crippen LogP contribution in [0.5, 0.6) is 0 Å². The molecule has 26 heavy (non-hydrogen) atoms. The van der Waals surface area contributed by atoms with E-state index in [0.717, 1.165) is 22.9 Å². The topological polar surface area (TPSA) is 70.6 Å². The molecule has 1 amide bonds. The summed E-state index contributed by atoms with van der Waals surface area (Å²) in [6.07, 6.45) is 5.23. The lowest BCUT2D eigenvalue weighted by Crippen LogP contribution is -2.42. The van der Waals surface area contributed by atoms with Crippen molar-refractivity contribution in [2.75, 3.05) is 30.7 Å². The van der Waals surface area contributed by atoms with Gasteiger partial charge >= 0.3 is 0 Å². The van der Waals surface area contributed by atoms with Gasteiger partial charge in [0.1, 0.15) is 6.54 Å². The van der Waals surface area contributed by atoms with E-state index in [-0.39, 0.29) is 12.5 Å². The van der Waals surface area contributed by atoms with Crippen LogP contribution in [0.25, 0.3) is 0 Å². The van der Waals surface area contributed by atoms with Crippen molar-refractivity contribution in [1.82, 2.24) is 9.88 Å². The monoisotopic (exact) mass is 375 g/mol. The molecule has 0 aliphatic carbocycles. The molecule has 0 unspecified atom stereocenters. The predicted octanol–water partition coefficient (Wildman–Crippen LogP) is 2.17. The van der Waals surface area contributed by atoms with Gasteiger partial charge in [-0.05, 0) is 49.6 Å². The number of rotatable bonds is 7. The molecule has 0 radical (unpaired) electrons. The normalized spacial score (nSPS) is 11.2. The molecule has 1 heterocycles. The van der Waals surface area contributed by atoms with Crippen LogP contribution in [0, 0.1) is 13.8 Å². The molecule has 1 aromatic heterocycles. The molecular weight excluding hydrogens is 350 g/mol. The highest BCUT2D eigenvalue weighted by molar-refractivity contribution is 7.92. The van der Waals surface area contributed by atoms with Crippen molar-refractivity contribution in [2.45, 2.75) is 20.3 Å². The molecule has 1 aromatic carbocycles. The molecule has 0 aliphatic rings. The van der Waals surface area contributed by atoms with Gasteiger partial charge in [-0.1, -0.05) is 17.7 Å². The van der Waals surface area contributed by atoms with Gasteiger partial charge in [0.05, 0.1) is 11.9 Å². The van der Waals surface area contributed by atoms with Gasteiger partial charge in [0.25, 0.3) is 0 Å². The summed E-state index contributed by atoms with van der Waals surface area (Å²) in [7, 11) is -1.88. The summed E-state index contributed by atoms with van der Waals surface area (Å²) in [6, 6.07) is 9.30. The van der Waals surface area contributed by atoms with Crippen LogP contribution >= 0.6 is 0 Å². The Morgan fingerprint density at radius 1 is 1.12 bits per heavy atom. The molecule has 140 valence electrons. The summed E-state index contributed by atoms with van der Waals surface area (Å²) in [4.78, 5) is 18.1. The molecular formula is C19H25N3O3S.